The zero-order valence-corrected chi connectivity index (χ0v) is 11.0. The second-order valence-corrected chi connectivity index (χ2v) is 4.13. The van der Waals surface area contributed by atoms with E-state index in [0.29, 0.717) is 0 Å². The Labute approximate surface area is 115 Å². The molecule has 0 saturated heterocycles. The monoisotopic (exact) mass is 281 g/mol. The molecule has 0 spiro atoms. The van der Waals surface area contributed by atoms with Gasteiger partial charge in [0, 0.05) is 19.8 Å². The summed E-state index contributed by atoms with van der Waals surface area (Å²) in [4.78, 5) is 34.9. The van der Waals surface area contributed by atoms with Gasteiger partial charge < -0.3 is 25.7 Å². The summed E-state index contributed by atoms with van der Waals surface area (Å²) in [5, 5.41) is 22.8. The maximum absolute atomic E-state index is 11.5. The number of carboxylic acid groups (broad SMARTS) is 1. The molecule has 8 heteroatoms. The molecule has 0 unspecified atom stereocenters. The number of rotatable bonds is 4. The summed E-state index contributed by atoms with van der Waals surface area (Å²) in [7, 11) is 3.11. The second-order valence-electron chi connectivity index (χ2n) is 4.13. The fraction of sp³-hybridized carbons (Fsp3) is 0.250. The summed E-state index contributed by atoms with van der Waals surface area (Å²) in [5.74, 6) is -1.99. The van der Waals surface area contributed by atoms with E-state index < -0.39 is 17.7 Å². The van der Waals surface area contributed by atoms with Gasteiger partial charge in [-0.15, -0.1) is 0 Å². The number of aromatic carboxylic acids is 1. The van der Waals surface area contributed by atoms with Crippen LogP contribution in [0.25, 0.3) is 0 Å². The molecule has 0 aliphatic rings. The molecule has 1 rings (SSSR count). The molecule has 0 aromatic heterocycles. The van der Waals surface area contributed by atoms with Crippen molar-refractivity contribution in [2.24, 2.45) is 0 Å². The van der Waals surface area contributed by atoms with E-state index in [-0.39, 0.29) is 23.7 Å². The molecular weight excluding hydrogens is 266 g/mol. The first-order valence-electron chi connectivity index (χ1n) is 5.62. The Balaban J connectivity index is 2.65. The van der Waals surface area contributed by atoms with Gasteiger partial charge in [-0.25, -0.2) is 9.59 Å². The number of benzene rings is 1. The molecule has 0 bridgehead atoms. The summed E-state index contributed by atoms with van der Waals surface area (Å²) in [6, 6.07) is 2.96. The Morgan fingerprint density at radius 1 is 1.25 bits per heavy atom. The molecule has 8 nitrogen and oxygen atoms in total. The standard InChI is InChI=1S/C12H15N3O5/c1-15(2)10(17)6-13-12(20)14-7-3-4-9(16)8(5-7)11(18)19/h3-5,16H,6H2,1-2H3,(H,18,19)(H2,13,14,20). The number of urea groups is 1. The van der Waals surface area contributed by atoms with Crippen molar-refractivity contribution in [3.05, 3.63) is 23.8 Å². The van der Waals surface area contributed by atoms with Gasteiger partial charge in [0.1, 0.15) is 11.3 Å². The molecule has 1 aromatic rings. The number of nitrogens with one attached hydrogen (secondary N) is 2. The predicted octanol–water partition coefficient (Wildman–Crippen LogP) is 0.300. The van der Waals surface area contributed by atoms with E-state index in [2.05, 4.69) is 10.6 Å². The van der Waals surface area contributed by atoms with Crippen LogP contribution in [-0.2, 0) is 4.79 Å². The molecule has 1 aromatic carbocycles. The molecule has 0 heterocycles. The average molecular weight is 281 g/mol. The molecule has 108 valence electrons. The Bertz CT molecular complexity index is 542. The highest BCUT2D eigenvalue weighted by Gasteiger charge is 2.12. The molecule has 0 aliphatic heterocycles. The summed E-state index contributed by atoms with van der Waals surface area (Å²) < 4.78 is 0. The lowest BCUT2D eigenvalue weighted by Crippen LogP contribution is -2.38. The lowest BCUT2D eigenvalue weighted by molar-refractivity contribution is -0.127. The minimum Gasteiger partial charge on any atom is -0.507 e. The molecule has 4 N–H and O–H groups in total. The van der Waals surface area contributed by atoms with E-state index in [9.17, 15) is 19.5 Å². The SMILES string of the molecule is CN(C)C(=O)CNC(=O)Nc1ccc(O)c(C(=O)O)c1. The number of carbonyl (C=O) groups is 3. The van der Waals surface area contributed by atoms with E-state index in [0.717, 1.165) is 12.1 Å². The van der Waals surface area contributed by atoms with Crippen molar-refractivity contribution in [1.29, 1.82) is 0 Å². The van der Waals surface area contributed by atoms with Crippen molar-refractivity contribution < 1.29 is 24.6 Å². The van der Waals surface area contributed by atoms with Gasteiger partial charge >= 0.3 is 12.0 Å². The number of anilines is 1. The maximum atomic E-state index is 11.5. The van der Waals surface area contributed by atoms with Crippen molar-refractivity contribution in [3.63, 3.8) is 0 Å². The Morgan fingerprint density at radius 3 is 2.45 bits per heavy atom. The van der Waals surface area contributed by atoms with Crippen molar-refractivity contribution in [2.45, 2.75) is 0 Å². The summed E-state index contributed by atoms with van der Waals surface area (Å²) >= 11 is 0. The largest absolute Gasteiger partial charge is 0.507 e. The van der Waals surface area contributed by atoms with Gasteiger partial charge in [0.2, 0.25) is 5.91 Å². The van der Waals surface area contributed by atoms with Crippen LogP contribution in [0.2, 0.25) is 0 Å². The molecule has 0 aliphatic carbocycles. The third-order valence-electron chi connectivity index (χ3n) is 2.38. The molecule has 0 atom stereocenters. The molecular formula is C12H15N3O5. The molecule has 0 fully saturated rings. The minimum absolute atomic E-state index is 0.178. The van der Waals surface area contributed by atoms with Crippen molar-refractivity contribution in [3.8, 4) is 5.75 Å². The first-order chi connectivity index (χ1) is 9.31. The van der Waals surface area contributed by atoms with Gasteiger partial charge in [-0.3, -0.25) is 4.79 Å². The Morgan fingerprint density at radius 2 is 1.90 bits per heavy atom. The van der Waals surface area contributed by atoms with E-state index in [1.54, 1.807) is 14.1 Å². The van der Waals surface area contributed by atoms with Crippen LogP contribution in [0.5, 0.6) is 5.75 Å². The number of aromatic hydroxyl groups is 1. The second kappa shape index (κ2) is 6.41. The number of likely N-dealkylation sites (N-methyl/N-ethyl adjacent to an activating group) is 1. The van der Waals surface area contributed by atoms with Crippen molar-refractivity contribution in [1.82, 2.24) is 10.2 Å². The number of amides is 3. The van der Waals surface area contributed by atoms with Crippen LogP contribution in [0.4, 0.5) is 10.5 Å². The fourth-order valence-corrected chi connectivity index (χ4v) is 1.27. The topological polar surface area (TPSA) is 119 Å². The van der Waals surface area contributed by atoms with Gasteiger partial charge in [0.15, 0.2) is 0 Å². The zero-order valence-electron chi connectivity index (χ0n) is 11.0. The van der Waals surface area contributed by atoms with Gasteiger partial charge in [0.25, 0.3) is 0 Å². The van der Waals surface area contributed by atoms with E-state index in [1.807, 2.05) is 0 Å². The van der Waals surface area contributed by atoms with Gasteiger partial charge in [-0.1, -0.05) is 0 Å². The number of carboxylic acids is 1. The summed E-state index contributed by atoms with van der Waals surface area (Å²) in [6.45, 7) is -0.178. The van der Waals surface area contributed by atoms with Crippen LogP contribution < -0.4 is 10.6 Å². The first-order valence-corrected chi connectivity index (χ1v) is 5.62. The van der Waals surface area contributed by atoms with Gasteiger partial charge in [-0.05, 0) is 18.2 Å². The van der Waals surface area contributed by atoms with E-state index in [4.69, 9.17) is 5.11 Å². The zero-order chi connectivity index (χ0) is 15.3. The minimum atomic E-state index is -1.31. The van der Waals surface area contributed by atoms with Crippen molar-refractivity contribution >= 4 is 23.6 Å². The maximum Gasteiger partial charge on any atom is 0.339 e. The van der Waals surface area contributed by atoms with Crippen LogP contribution in [0, 0.1) is 0 Å². The number of hydrogen-bond donors (Lipinski definition) is 4. The van der Waals surface area contributed by atoms with Gasteiger partial charge in [0.05, 0.1) is 6.54 Å². The quantitative estimate of drug-likeness (QED) is 0.592. The molecule has 0 radical (unpaired) electrons. The number of phenols is 1. The number of carbonyl (C=O) groups excluding carboxylic acids is 2. The lowest BCUT2D eigenvalue weighted by Gasteiger charge is -2.12. The third kappa shape index (κ3) is 4.16. The lowest BCUT2D eigenvalue weighted by atomic mass is 10.2. The highest BCUT2D eigenvalue weighted by atomic mass is 16.4. The van der Waals surface area contributed by atoms with E-state index >= 15 is 0 Å². The predicted molar refractivity (Wildman–Crippen MR) is 70.8 cm³/mol. The highest BCUT2D eigenvalue weighted by Crippen LogP contribution is 2.21. The van der Waals surface area contributed by atoms with Crippen LogP contribution in [0.1, 0.15) is 10.4 Å². The first kappa shape index (κ1) is 15.3. The smallest absolute Gasteiger partial charge is 0.339 e. The third-order valence-corrected chi connectivity index (χ3v) is 2.38. The van der Waals surface area contributed by atoms with Crippen LogP contribution in [-0.4, -0.2) is 53.7 Å². The number of hydrogen-bond acceptors (Lipinski definition) is 4. The summed E-state index contributed by atoms with van der Waals surface area (Å²) in [6.07, 6.45) is 0. The molecule has 3 amide bonds. The summed E-state index contributed by atoms with van der Waals surface area (Å²) in [5.41, 5.74) is -0.137. The fourth-order valence-electron chi connectivity index (χ4n) is 1.27. The van der Waals surface area contributed by atoms with Crippen molar-refractivity contribution in [2.75, 3.05) is 26.0 Å². The van der Waals surface area contributed by atoms with Crippen LogP contribution >= 0.6 is 0 Å². The normalized spacial score (nSPS) is 9.70. The molecule has 20 heavy (non-hydrogen) atoms. The Hall–Kier alpha value is -2.77. The van der Waals surface area contributed by atoms with E-state index in [1.165, 1.54) is 11.0 Å². The highest BCUT2D eigenvalue weighted by molar-refractivity contribution is 5.96. The molecule has 0 saturated carbocycles. The Kier molecular flexibility index (Phi) is 4.90. The average Bonchev–Trinajstić information content (AvgIpc) is 2.37. The van der Waals surface area contributed by atoms with Crippen LogP contribution in [0.3, 0.4) is 0 Å². The number of nitrogens with zero attached hydrogens (tertiary/aromatic N) is 1. The van der Waals surface area contributed by atoms with Gasteiger partial charge in [-0.2, -0.15) is 0 Å². The van der Waals surface area contributed by atoms with Crippen LogP contribution in [0.15, 0.2) is 18.2 Å².